The van der Waals surface area contributed by atoms with Crippen LogP contribution in [0.15, 0.2) is 24.4 Å². The molecule has 0 bridgehead atoms. The van der Waals surface area contributed by atoms with E-state index in [2.05, 4.69) is 10.2 Å². The Morgan fingerprint density at radius 1 is 1.23 bits per heavy atom. The molecule has 2 N–H and O–H groups in total. The number of hydrogen-bond acceptors (Lipinski definition) is 5. The molecule has 1 aromatic heterocycles. The van der Waals surface area contributed by atoms with E-state index < -0.39 is 11.5 Å². The Morgan fingerprint density at radius 2 is 1.92 bits per heavy atom. The number of likely N-dealkylation sites (tertiary alicyclic amines) is 1. The average molecular weight is 356 g/mol. The van der Waals surface area contributed by atoms with Gasteiger partial charge in [-0.2, -0.15) is 5.10 Å². The van der Waals surface area contributed by atoms with Gasteiger partial charge in [0.15, 0.2) is 0 Å². The number of carbonyl (C=O) groups excluding carboxylic acids is 2. The molecule has 2 heterocycles. The number of piperidine rings is 1. The fourth-order valence-electron chi connectivity index (χ4n) is 3.33. The molecule has 3 rings (SSSR count). The standard InChI is InChI=1S/C19H24N4O3/c1-19(2,3)26-18(25)23-9-7-12(8-10-23)15-11-21-22-16-13(15)5-4-6-14(16)17(20)24/h4-6,11-12H,7-10H2,1-3H3,(H2,20,24). The minimum absolute atomic E-state index is 0.245. The van der Waals surface area contributed by atoms with E-state index in [1.54, 1.807) is 17.2 Å². The number of aromatic nitrogens is 2. The van der Waals surface area contributed by atoms with Gasteiger partial charge < -0.3 is 15.4 Å². The van der Waals surface area contributed by atoms with Gasteiger partial charge in [-0.25, -0.2) is 4.79 Å². The van der Waals surface area contributed by atoms with Crippen molar-refractivity contribution in [2.75, 3.05) is 13.1 Å². The van der Waals surface area contributed by atoms with Crippen molar-refractivity contribution in [1.29, 1.82) is 0 Å². The normalized spacial score (nSPS) is 15.9. The predicted octanol–water partition coefficient (Wildman–Crippen LogP) is 2.84. The van der Waals surface area contributed by atoms with E-state index in [4.69, 9.17) is 10.5 Å². The summed E-state index contributed by atoms with van der Waals surface area (Å²) >= 11 is 0. The molecular weight excluding hydrogens is 332 g/mol. The maximum atomic E-state index is 12.2. The largest absolute Gasteiger partial charge is 0.444 e. The molecule has 0 aliphatic carbocycles. The Kier molecular flexibility index (Phi) is 4.80. The summed E-state index contributed by atoms with van der Waals surface area (Å²) in [6.07, 6.45) is 3.09. The topological polar surface area (TPSA) is 98.4 Å². The van der Waals surface area contributed by atoms with Crippen LogP contribution in [0.25, 0.3) is 10.9 Å². The SMILES string of the molecule is CC(C)(C)OC(=O)N1CCC(c2cnnc3c(C(N)=O)cccc23)CC1. The number of benzene rings is 1. The summed E-state index contributed by atoms with van der Waals surface area (Å²) in [6.45, 7) is 6.84. The lowest BCUT2D eigenvalue weighted by Crippen LogP contribution is -2.41. The lowest BCUT2D eigenvalue weighted by Gasteiger charge is -2.33. The Balaban J connectivity index is 1.79. The lowest BCUT2D eigenvalue weighted by atomic mass is 9.88. The number of amides is 2. The van der Waals surface area contributed by atoms with Crippen molar-refractivity contribution in [3.05, 3.63) is 35.5 Å². The van der Waals surface area contributed by atoms with Crippen molar-refractivity contribution in [2.24, 2.45) is 5.73 Å². The maximum Gasteiger partial charge on any atom is 0.410 e. The van der Waals surface area contributed by atoms with Crippen LogP contribution in [-0.2, 0) is 4.74 Å². The fraction of sp³-hybridized carbons (Fsp3) is 0.474. The molecule has 1 saturated heterocycles. The zero-order valence-corrected chi connectivity index (χ0v) is 15.4. The van der Waals surface area contributed by atoms with Crippen LogP contribution in [0.1, 0.15) is 55.5 Å². The number of primary amides is 1. The molecular formula is C19H24N4O3. The van der Waals surface area contributed by atoms with Crippen LogP contribution in [0.5, 0.6) is 0 Å². The van der Waals surface area contributed by atoms with E-state index in [1.165, 1.54) is 0 Å². The van der Waals surface area contributed by atoms with Crippen LogP contribution >= 0.6 is 0 Å². The molecule has 7 heteroatoms. The summed E-state index contributed by atoms with van der Waals surface area (Å²) in [6, 6.07) is 5.41. The number of ether oxygens (including phenoxy) is 1. The quantitative estimate of drug-likeness (QED) is 0.892. The molecule has 2 amide bonds. The summed E-state index contributed by atoms with van der Waals surface area (Å²) in [4.78, 5) is 25.6. The van der Waals surface area contributed by atoms with E-state index in [1.807, 2.05) is 32.9 Å². The number of nitrogens with zero attached hydrogens (tertiary/aromatic N) is 3. The van der Waals surface area contributed by atoms with Crippen molar-refractivity contribution in [2.45, 2.75) is 45.1 Å². The van der Waals surface area contributed by atoms with Crippen LogP contribution < -0.4 is 5.73 Å². The summed E-state index contributed by atoms with van der Waals surface area (Å²) in [5, 5.41) is 9.07. The van der Waals surface area contributed by atoms with E-state index in [0.717, 1.165) is 23.8 Å². The van der Waals surface area contributed by atoms with Gasteiger partial charge in [0.1, 0.15) is 11.1 Å². The first kappa shape index (κ1) is 18.1. The zero-order chi connectivity index (χ0) is 18.9. The molecule has 2 aromatic rings. The number of nitrogens with two attached hydrogens (primary N) is 1. The first-order valence-corrected chi connectivity index (χ1v) is 8.78. The monoisotopic (exact) mass is 356 g/mol. The maximum absolute atomic E-state index is 12.2. The van der Waals surface area contributed by atoms with E-state index in [9.17, 15) is 9.59 Å². The highest BCUT2D eigenvalue weighted by atomic mass is 16.6. The fourth-order valence-corrected chi connectivity index (χ4v) is 3.33. The minimum Gasteiger partial charge on any atom is -0.444 e. The average Bonchev–Trinajstić information content (AvgIpc) is 2.59. The smallest absolute Gasteiger partial charge is 0.410 e. The number of fused-ring (bicyclic) bond motifs is 1. The Morgan fingerprint density at radius 3 is 2.54 bits per heavy atom. The number of carbonyl (C=O) groups is 2. The summed E-state index contributed by atoms with van der Waals surface area (Å²) in [5.74, 6) is -0.267. The lowest BCUT2D eigenvalue weighted by molar-refractivity contribution is 0.0205. The van der Waals surface area contributed by atoms with Gasteiger partial charge in [0.2, 0.25) is 0 Å². The van der Waals surface area contributed by atoms with Gasteiger partial charge in [0.05, 0.1) is 11.8 Å². The number of rotatable bonds is 2. The van der Waals surface area contributed by atoms with Gasteiger partial charge in [0, 0.05) is 18.5 Å². The van der Waals surface area contributed by atoms with E-state index >= 15 is 0 Å². The highest BCUT2D eigenvalue weighted by Gasteiger charge is 2.28. The molecule has 26 heavy (non-hydrogen) atoms. The second kappa shape index (κ2) is 6.90. The van der Waals surface area contributed by atoms with Crippen LogP contribution in [-0.4, -0.2) is 45.8 Å². The zero-order valence-electron chi connectivity index (χ0n) is 15.4. The Labute approximate surface area is 152 Å². The van der Waals surface area contributed by atoms with E-state index in [0.29, 0.717) is 24.2 Å². The van der Waals surface area contributed by atoms with Crippen molar-refractivity contribution in [1.82, 2.24) is 15.1 Å². The van der Waals surface area contributed by atoms with Crippen LogP contribution in [0.3, 0.4) is 0 Å². The molecule has 1 aliphatic rings. The second-order valence-electron chi connectivity index (χ2n) is 7.61. The predicted molar refractivity (Wildman–Crippen MR) is 97.8 cm³/mol. The third-order valence-corrected chi connectivity index (χ3v) is 4.55. The minimum atomic E-state index is -0.512. The van der Waals surface area contributed by atoms with Gasteiger partial charge in [0.25, 0.3) is 5.91 Å². The molecule has 0 saturated carbocycles. The summed E-state index contributed by atoms with van der Waals surface area (Å²) in [5.41, 5.74) is 6.91. The van der Waals surface area contributed by atoms with Crippen molar-refractivity contribution < 1.29 is 14.3 Å². The highest BCUT2D eigenvalue weighted by molar-refractivity contribution is 6.05. The van der Waals surface area contributed by atoms with Gasteiger partial charge >= 0.3 is 6.09 Å². The molecule has 0 radical (unpaired) electrons. The first-order valence-electron chi connectivity index (χ1n) is 8.78. The molecule has 1 aliphatic heterocycles. The van der Waals surface area contributed by atoms with Crippen molar-refractivity contribution in [3.8, 4) is 0 Å². The third-order valence-electron chi connectivity index (χ3n) is 4.55. The van der Waals surface area contributed by atoms with Gasteiger partial charge in [-0.05, 0) is 51.2 Å². The molecule has 1 fully saturated rings. The van der Waals surface area contributed by atoms with Gasteiger partial charge in [-0.1, -0.05) is 12.1 Å². The third kappa shape index (κ3) is 3.76. The van der Waals surface area contributed by atoms with Crippen molar-refractivity contribution in [3.63, 3.8) is 0 Å². The second-order valence-corrected chi connectivity index (χ2v) is 7.61. The van der Waals surface area contributed by atoms with Crippen LogP contribution in [0.4, 0.5) is 4.79 Å². The van der Waals surface area contributed by atoms with Gasteiger partial charge in [-0.15, -0.1) is 5.10 Å². The molecule has 7 nitrogen and oxygen atoms in total. The molecule has 0 atom stereocenters. The van der Waals surface area contributed by atoms with Crippen LogP contribution in [0.2, 0.25) is 0 Å². The molecule has 0 spiro atoms. The molecule has 0 unspecified atom stereocenters. The van der Waals surface area contributed by atoms with Gasteiger partial charge in [-0.3, -0.25) is 4.79 Å². The van der Waals surface area contributed by atoms with Crippen molar-refractivity contribution >= 4 is 22.9 Å². The Bertz CT molecular complexity index is 836. The molecule has 1 aromatic carbocycles. The summed E-state index contributed by atoms with van der Waals surface area (Å²) < 4.78 is 5.44. The first-order chi connectivity index (χ1) is 12.3. The van der Waals surface area contributed by atoms with E-state index in [-0.39, 0.29) is 12.0 Å². The summed E-state index contributed by atoms with van der Waals surface area (Å²) in [7, 11) is 0. The van der Waals surface area contributed by atoms with Crippen LogP contribution in [0, 0.1) is 0 Å². The number of hydrogen-bond donors (Lipinski definition) is 1. The highest BCUT2D eigenvalue weighted by Crippen LogP contribution is 2.33. The Hall–Kier alpha value is -2.70. The molecule has 138 valence electrons.